The van der Waals surface area contributed by atoms with Gasteiger partial charge in [0.25, 0.3) is 0 Å². The second kappa shape index (κ2) is 4.41. The summed E-state index contributed by atoms with van der Waals surface area (Å²) in [6.07, 6.45) is -3.27. The van der Waals surface area contributed by atoms with Gasteiger partial charge < -0.3 is 25.8 Å². The first-order valence-electron chi connectivity index (χ1n) is 5.01. The Morgan fingerprint density at radius 3 is 2.76 bits per heavy atom. The number of hydrogen-bond acceptors (Lipinski definition) is 7. The Labute approximate surface area is 97.4 Å². The van der Waals surface area contributed by atoms with Gasteiger partial charge >= 0.3 is 7.12 Å². The first kappa shape index (κ1) is 12.0. The van der Waals surface area contributed by atoms with E-state index in [1.807, 2.05) is 0 Å². The van der Waals surface area contributed by atoms with Crippen molar-refractivity contribution >= 4 is 5.82 Å². The van der Waals surface area contributed by atoms with Crippen LogP contribution in [0.1, 0.15) is 7.65 Å². The molecular formula is C9H14N3O5+. The molecule has 4 unspecified atom stereocenters. The van der Waals surface area contributed by atoms with E-state index in [1.54, 1.807) is 0 Å². The van der Waals surface area contributed by atoms with Gasteiger partial charge in [0.05, 0.1) is 6.61 Å². The monoisotopic (exact) mass is 244 g/mol. The van der Waals surface area contributed by atoms with Crippen molar-refractivity contribution in [1.29, 1.82) is 0 Å². The van der Waals surface area contributed by atoms with E-state index in [4.69, 9.17) is 15.6 Å². The highest BCUT2D eigenvalue weighted by Crippen LogP contribution is 2.27. The van der Waals surface area contributed by atoms with E-state index in [1.165, 1.54) is 12.3 Å². The molecule has 2 heterocycles. The Balaban J connectivity index is 0.00000162. The molecule has 4 atom stereocenters. The van der Waals surface area contributed by atoms with Crippen molar-refractivity contribution in [3.63, 3.8) is 0 Å². The van der Waals surface area contributed by atoms with Gasteiger partial charge in [-0.15, -0.1) is 0 Å². The average molecular weight is 244 g/mol. The topological polar surface area (TPSA) is 131 Å². The van der Waals surface area contributed by atoms with Crippen LogP contribution in [0.15, 0.2) is 17.1 Å². The SMILES string of the molecule is Nc1ccn(C2OC(CO)C(O)C2O)c(=O)n1.[H+]. The molecule has 0 aliphatic carbocycles. The third-order valence-corrected chi connectivity index (χ3v) is 2.64. The van der Waals surface area contributed by atoms with Crippen molar-refractivity contribution in [2.75, 3.05) is 12.3 Å². The van der Waals surface area contributed by atoms with Crippen LogP contribution in [0.4, 0.5) is 5.82 Å². The standard InChI is InChI=1S/C9H13N3O5/c10-5-1-2-12(9(16)11-5)8-7(15)6(14)4(3-13)17-8/h1-2,4,6-8,13-15H,3H2,(H2,10,11,16)/p+1. The minimum Gasteiger partial charge on any atom is -0.394 e. The van der Waals surface area contributed by atoms with Gasteiger partial charge in [0, 0.05) is 6.20 Å². The number of aromatic nitrogens is 2. The highest BCUT2D eigenvalue weighted by Gasteiger charge is 2.43. The average Bonchev–Trinajstić information content (AvgIpc) is 2.57. The number of nitrogens with two attached hydrogens (primary N) is 1. The van der Waals surface area contributed by atoms with Crippen LogP contribution in [0.25, 0.3) is 0 Å². The maximum atomic E-state index is 11.5. The molecule has 0 amide bonds. The molecule has 8 nitrogen and oxygen atoms in total. The highest BCUT2D eigenvalue weighted by molar-refractivity contribution is 5.23. The lowest BCUT2D eigenvalue weighted by molar-refractivity contribution is -0.0549. The first-order valence-corrected chi connectivity index (χ1v) is 5.01. The van der Waals surface area contributed by atoms with Crippen molar-refractivity contribution in [3.05, 3.63) is 22.7 Å². The minimum absolute atomic E-state index is 0. The molecule has 2 rings (SSSR count). The summed E-state index contributed by atoms with van der Waals surface area (Å²) in [6.45, 7) is -0.453. The fourth-order valence-corrected chi connectivity index (χ4v) is 1.73. The predicted molar refractivity (Wildman–Crippen MR) is 57.0 cm³/mol. The molecule has 17 heavy (non-hydrogen) atoms. The Morgan fingerprint density at radius 1 is 1.53 bits per heavy atom. The van der Waals surface area contributed by atoms with Crippen LogP contribution < -0.4 is 11.4 Å². The van der Waals surface area contributed by atoms with Crippen molar-refractivity contribution in [1.82, 2.24) is 9.55 Å². The molecule has 1 aromatic heterocycles. The summed E-state index contributed by atoms with van der Waals surface area (Å²) in [5, 5.41) is 28.2. The van der Waals surface area contributed by atoms with E-state index in [0.29, 0.717) is 0 Å². The molecule has 1 aliphatic heterocycles. The fraction of sp³-hybridized carbons (Fsp3) is 0.556. The second-order valence-corrected chi connectivity index (χ2v) is 3.77. The number of anilines is 1. The third kappa shape index (κ3) is 2.03. The summed E-state index contributed by atoms with van der Waals surface area (Å²) in [5.41, 5.74) is 4.63. The van der Waals surface area contributed by atoms with Crippen LogP contribution in [0.5, 0.6) is 0 Å². The Hall–Kier alpha value is -1.48. The second-order valence-electron chi connectivity index (χ2n) is 3.77. The van der Waals surface area contributed by atoms with Crippen LogP contribution in [0.3, 0.4) is 0 Å². The van der Waals surface area contributed by atoms with E-state index in [9.17, 15) is 15.0 Å². The molecule has 1 fully saturated rings. The summed E-state index contributed by atoms with van der Waals surface area (Å²) < 4.78 is 6.19. The van der Waals surface area contributed by atoms with Gasteiger partial charge in [-0.25, -0.2) is 4.79 Å². The van der Waals surface area contributed by atoms with Crippen LogP contribution in [0, 0.1) is 0 Å². The van der Waals surface area contributed by atoms with Gasteiger partial charge in [0.15, 0.2) is 6.23 Å². The number of nitrogen functional groups attached to an aromatic ring is 1. The van der Waals surface area contributed by atoms with E-state index in [0.717, 1.165) is 4.57 Å². The smallest absolute Gasteiger partial charge is 0.394 e. The highest BCUT2D eigenvalue weighted by atomic mass is 16.6. The van der Waals surface area contributed by atoms with E-state index >= 15 is 0 Å². The van der Waals surface area contributed by atoms with E-state index in [2.05, 4.69) is 4.98 Å². The quantitative estimate of drug-likeness (QED) is 0.454. The molecule has 0 radical (unpaired) electrons. The number of rotatable bonds is 2. The summed E-state index contributed by atoms with van der Waals surface area (Å²) in [7, 11) is 0. The number of aliphatic hydroxyl groups excluding tert-OH is 3. The summed E-state index contributed by atoms with van der Waals surface area (Å²) >= 11 is 0. The molecule has 8 heteroatoms. The van der Waals surface area contributed by atoms with Gasteiger partial charge in [0.2, 0.25) is 0 Å². The summed E-state index contributed by atoms with van der Waals surface area (Å²) in [5.74, 6) is 0.0537. The molecular weight excluding hydrogens is 230 g/mol. The lowest BCUT2D eigenvalue weighted by atomic mass is 10.1. The minimum atomic E-state index is -1.31. The van der Waals surface area contributed by atoms with Crippen molar-refractivity contribution in [3.8, 4) is 0 Å². The van der Waals surface area contributed by atoms with Gasteiger partial charge in [0.1, 0.15) is 24.1 Å². The Kier molecular flexibility index (Phi) is 3.11. The van der Waals surface area contributed by atoms with Gasteiger partial charge in [-0.1, -0.05) is 0 Å². The number of nitrogens with zero attached hydrogens (tertiary/aromatic N) is 2. The number of aliphatic hydroxyl groups is 3. The zero-order valence-corrected chi connectivity index (χ0v) is 8.80. The molecule has 0 bridgehead atoms. The molecule has 5 N–H and O–H groups in total. The maximum Gasteiger partial charge on any atom is 1.00 e. The van der Waals surface area contributed by atoms with Gasteiger partial charge in [-0.05, 0) is 6.07 Å². The maximum absolute atomic E-state index is 11.5. The zero-order valence-electron chi connectivity index (χ0n) is 9.80. The fourth-order valence-electron chi connectivity index (χ4n) is 1.73. The van der Waals surface area contributed by atoms with Crippen LogP contribution in [-0.4, -0.2) is 49.8 Å². The summed E-state index contributed by atoms with van der Waals surface area (Å²) in [4.78, 5) is 15.0. The largest absolute Gasteiger partial charge is 1.00 e. The van der Waals surface area contributed by atoms with Gasteiger partial charge in [-0.3, -0.25) is 4.57 Å². The zero-order chi connectivity index (χ0) is 12.6. The molecule has 1 saturated heterocycles. The normalized spacial score (nSPS) is 32.9. The molecule has 0 spiro atoms. The van der Waals surface area contributed by atoms with E-state index < -0.39 is 36.8 Å². The number of hydrogen-bond donors (Lipinski definition) is 4. The van der Waals surface area contributed by atoms with Crippen molar-refractivity contribution in [2.24, 2.45) is 0 Å². The predicted octanol–water partition coefficient (Wildman–Crippen LogP) is -2.45. The van der Waals surface area contributed by atoms with Crippen LogP contribution >= 0.6 is 0 Å². The molecule has 0 aromatic carbocycles. The van der Waals surface area contributed by atoms with Crippen LogP contribution in [-0.2, 0) is 4.74 Å². The van der Waals surface area contributed by atoms with Gasteiger partial charge in [-0.2, -0.15) is 4.98 Å². The van der Waals surface area contributed by atoms with E-state index in [-0.39, 0.29) is 7.24 Å². The lowest BCUT2D eigenvalue weighted by Crippen LogP contribution is -2.36. The molecule has 94 valence electrons. The number of ether oxygens (including phenoxy) is 1. The van der Waals surface area contributed by atoms with Crippen LogP contribution in [0.2, 0.25) is 0 Å². The Bertz CT molecular complexity index is 468. The van der Waals surface area contributed by atoms with Crippen molar-refractivity contribution in [2.45, 2.75) is 24.5 Å². The lowest BCUT2D eigenvalue weighted by Gasteiger charge is -2.16. The van der Waals surface area contributed by atoms with Crippen molar-refractivity contribution < 1.29 is 21.5 Å². The molecule has 1 aliphatic rings. The Morgan fingerprint density at radius 2 is 2.24 bits per heavy atom. The first-order chi connectivity index (χ1) is 8.04. The summed E-state index contributed by atoms with van der Waals surface area (Å²) in [6, 6.07) is 1.37. The molecule has 1 aromatic rings. The third-order valence-electron chi connectivity index (χ3n) is 2.64. The molecule has 0 saturated carbocycles.